The Balaban J connectivity index is -0.0000000267. The van der Waals surface area contributed by atoms with Crippen molar-refractivity contribution >= 4 is 0 Å². The maximum absolute atomic E-state index is 3.79. The third-order valence-corrected chi connectivity index (χ3v) is 0.382. The summed E-state index contributed by atoms with van der Waals surface area (Å²) >= 11 is 0. The fourth-order valence-electron chi connectivity index (χ4n) is 0.158. The van der Waals surface area contributed by atoms with Crippen molar-refractivity contribution in [2.45, 2.75) is 6.42 Å². The van der Waals surface area contributed by atoms with E-state index < -0.39 is 0 Å². The van der Waals surface area contributed by atoms with Crippen LogP contribution in [0.4, 0.5) is 0 Å². The molecule has 0 saturated carbocycles. The molecule has 8 heavy (non-hydrogen) atoms. The summed E-state index contributed by atoms with van der Waals surface area (Å²) in [5, 5.41) is 3.79. The molecule has 0 fully saturated rings. The first-order valence-electron chi connectivity index (χ1n) is 1.76. The fraction of sp³-hybridized carbons (Fsp3) is 0.500. The van der Waals surface area contributed by atoms with Gasteiger partial charge in [-0.25, -0.2) is 6.42 Å². The van der Waals surface area contributed by atoms with E-state index in [1.807, 2.05) is 0 Å². The van der Waals surface area contributed by atoms with Crippen LogP contribution in [0.3, 0.4) is 0 Å². The van der Waals surface area contributed by atoms with Crippen molar-refractivity contribution in [1.29, 1.82) is 0 Å². The molecule has 0 unspecified atom stereocenters. The first kappa shape index (κ1) is 23.4. The molecule has 0 aromatic heterocycles. The molecule has 0 heterocycles. The van der Waals surface area contributed by atoms with E-state index in [1.165, 1.54) is 0 Å². The fourth-order valence-corrected chi connectivity index (χ4v) is 0.158. The molecule has 0 aliphatic heterocycles. The molecule has 0 spiro atoms. The zero-order valence-electron chi connectivity index (χ0n) is 5.88. The van der Waals surface area contributed by atoms with E-state index in [1.54, 1.807) is 7.05 Å². The van der Waals surface area contributed by atoms with Crippen LogP contribution in [0.25, 0.3) is 5.32 Å². The predicted molar refractivity (Wildman–Crippen MR) is 37.0 cm³/mol. The van der Waals surface area contributed by atoms with Gasteiger partial charge in [0.25, 0.3) is 0 Å². The summed E-state index contributed by atoms with van der Waals surface area (Å²) < 4.78 is 0. The predicted octanol–water partition coefficient (Wildman–Crippen LogP) is 2.11. The Labute approximate surface area is 67.9 Å². The summed E-state index contributed by atoms with van der Waals surface area (Å²) in [5.41, 5.74) is 0. The SMILES string of the molecule is [CH2-]CC[N-]C.[CH3-].[CH3-].[Pd]. The van der Waals surface area contributed by atoms with Gasteiger partial charge in [0.15, 0.2) is 0 Å². The second kappa shape index (κ2) is 25.5. The molecule has 0 aromatic rings. The largest absolute Gasteiger partial charge is 0.667 e. The third-order valence-electron chi connectivity index (χ3n) is 0.382. The van der Waals surface area contributed by atoms with E-state index in [-0.39, 0.29) is 35.3 Å². The van der Waals surface area contributed by atoms with E-state index in [2.05, 4.69) is 12.2 Å². The summed E-state index contributed by atoms with van der Waals surface area (Å²) in [7, 11) is 1.80. The summed E-state index contributed by atoms with van der Waals surface area (Å²) in [6.07, 6.45) is 0.927. The van der Waals surface area contributed by atoms with Crippen molar-refractivity contribution < 1.29 is 20.4 Å². The molecule has 0 aliphatic carbocycles. The molecule has 1 nitrogen and oxygen atoms in total. The van der Waals surface area contributed by atoms with E-state index in [9.17, 15) is 0 Å². The molecule has 0 rings (SSSR count). The van der Waals surface area contributed by atoms with Gasteiger partial charge < -0.3 is 27.1 Å². The molecule has 0 aliphatic rings. The Hall–Kier alpha value is 0.622. The van der Waals surface area contributed by atoms with E-state index in [0.717, 1.165) is 13.0 Å². The summed E-state index contributed by atoms with van der Waals surface area (Å²) in [4.78, 5) is 0. The minimum absolute atomic E-state index is 0. The van der Waals surface area contributed by atoms with Crippen molar-refractivity contribution in [3.63, 3.8) is 0 Å². The molecule has 0 N–H and O–H groups in total. The molecular formula is C6H15NPd-4. The van der Waals surface area contributed by atoms with Crippen LogP contribution in [0.2, 0.25) is 0 Å². The Morgan fingerprint density at radius 3 is 1.75 bits per heavy atom. The first-order chi connectivity index (χ1) is 2.41. The molecule has 0 aromatic carbocycles. The summed E-state index contributed by atoms with van der Waals surface area (Å²) in [6.45, 7) is 4.48. The smallest absolute Gasteiger partial charge is 0 e. The molecule has 58 valence electrons. The standard InChI is InChI=1S/C4H9N.2CH3.Pd/c1-3-4-5-2;;;/h1,3-4H2,2H3;2*1H3;/q-2;2*-1;. The molecular weight excluding hydrogens is 192 g/mol. The number of hydrogen-bond acceptors (Lipinski definition) is 0. The third kappa shape index (κ3) is 30.4. The molecule has 0 amide bonds. The van der Waals surface area contributed by atoms with Gasteiger partial charge in [-0.05, 0) is 0 Å². The Morgan fingerprint density at radius 2 is 1.75 bits per heavy atom. The van der Waals surface area contributed by atoms with Crippen LogP contribution in [0.15, 0.2) is 0 Å². The van der Waals surface area contributed by atoms with Gasteiger partial charge in [-0.1, -0.05) is 0 Å². The van der Waals surface area contributed by atoms with Crippen molar-refractivity contribution in [3.05, 3.63) is 27.1 Å². The zero-order valence-corrected chi connectivity index (χ0v) is 7.44. The normalized spacial score (nSPS) is 5.25. The molecule has 2 heteroatoms. The monoisotopic (exact) mass is 207 g/mol. The average Bonchev–Trinajstić information content (AvgIpc) is 1.41. The second-order valence-corrected chi connectivity index (χ2v) is 0.893. The van der Waals surface area contributed by atoms with Gasteiger partial charge in [0.2, 0.25) is 0 Å². The summed E-state index contributed by atoms with van der Waals surface area (Å²) in [6, 6.07) is 0. The zero-order chi connectivity index (χ0) is 4.12. The Bertz CT molecular complexity index is 16.0. The number of hydrogen-bond donors (Lipinski definition) is 0. The van der Waals surface area contributed by atoms with Crippen LogP contribution < -0.4 is 0 Å². The van der Waals surface area contributed by atoms with Gasteiger partial charge in [0, 0.05) is 20.4 Å². The van der Waals surface area contributed by atoms with Crippen LogP contribution in [-0.4, -0.2) is 13.6 Å². The van der Waals surface area contributed by atoms with Crippen LogP contribution >= 0.6 is 0 Å². The van der Waals surface area contributed by atoms with Gasteiger partial charge in [-0.15, -0.1) is 0 Å². The Morgan fingerprint density at radius 1 is 1.38 bits per heavy atom. The number of nitrogens with zero attached hydrogens (tertiary/aromatic N) is 1. The second-order valence-electron chi connectivity index (χ2n) is 0.893. The van der Waals surface area contributed by atoms with Crippen LogP contribution in [0, 0.1) is 21.8 Å². The van der Waals surface area contributed by atoms with Gasteiger partial charge in [0.05, 0.1) is 0 Å². The van der Waals surface area contributed by atoms with Crippen LogP contribution in [-0.2, 0) is 20.4 Å². The maximum Gasteiger partial charge on any atom is 0 e. The van der Waals surface area contributed by atoms with Gasteiger partial charge >= 0.3 is 0 Å². The Kier molecular flexibility index (Phi) is 74.7. The van der Waals surface area contributed by atoms with Crippen molar-refractivity contribution in [1.82, 2.24) is 0 Å². The van der Waals surface area contributed by atoms with E-state index in [4.69, 9.17) is 0 Å². The van der Waals surface area contributed by atoms with E-state index in [0.29, 0.717) is 0 Å². The topological polar surface area (TPSA) is 14.1 Å². The van der Waals surface area contributed by atoms with Crippen molar-refractivity contribution in [2.24, 2.45) is 0 Å². The van der Waals surface area contributed by atoms with Crippen LogP contribution in [0.5, 0.6) is 0 Å². The van der Waals surface area contributed by atoms with Crippen molar-refractivity contribution in [2.75, 3.05) is 13.6 Å². The van der Waals surface area contributed by atoms with Crippen LogP contribution in [0.1, 0.15) is 6.42 Å². The molecule has 0 bridgehead atoms. The minimum Gasteiger partial charge on any atom is -0.667 e. The maximum atomic E-state index is 3.79. The first-order valence-corrected chi connectivity index (χ1v) is 1.76. The summed E-state index contributed by atoms with van der Waals surface area (Å²) in [5.74, 6) is 0. The minimum atomic E-state index is 0. The van der Waals surface area contributed by atoms with E-state index >= 15 is 0 Å². The number of rotatable bonds is 2. The average molecular weight is 208 g/mol. The van der Waals surface area contributed by atoms with Gasteiger partial charge in [0.1, 0.15) is 0 Å². The van der Waals surface area contributed by atoms with Gasteiger partial charge in [-0.2, -0.15) is 13.6 Å². The quantitative estimate of drug-likeness (QED) is 0.487. The molecule has 0 atom stereocenters. The molecule has 0 radical (unpaired) electrons. The molecule has 0 saturated heterocycles. The van der Waals surface area contributed by atoms with Gasteiger partial charge in [-0.3, -0.25) is 0 Å². The van der Waals surface area contributed by atoms with Crippen molar-refractivity contribution in [3.8, 4) is 0 Å².